The molecular weight excluding hydrogens is 254 g/mol. The molecule has 0 spiro atoms. The first-order valence-corrected chi connectivity index (χ1v) is 5.23. The van der Waals surface area contributed by atoms with Crippen molar-refractivity contribution in [2.24, 2.45) is 5.16 Å². The van der Waals surface area contributed by atoms with Gasteiger partial charge in [0.25, 0.3) is 0 Å². The number of carbonyl (C=O) groups is 1. The van der Waals surface area contributed by atoms with Crippen LogP contribution < -0.4 is 5.32 Å². The highest BCUT2D eigenvalue weighted by atomic mass is 35.5. The highest BCUT2D eigenvalue weighted by molar-refractivity contribution is 7.10. The van der Waals surface area contributed by atoms with E-state index in [9.17, 15) is 4.79 Å². The van der Waals surface area contributed by atoms with Crippen molar-refractivity contribution in [2.75, 3.05) is 18.3 Å². The molecule has 1 N–H and O–H groups in total. The lowest BCUT2D eigenvalue weighted by atomic mass is 10.4. The predicted octanol–water partition coefficient (Wildman–Crippen LogP) is 0.589. The number of hydrogen-bond donors (Lipinski definition) is 1. The van der Waals surface area contributed by atoms with Crippen LogP contribution in [0.15, 0.2) is 5.16 Å². The lowest BCUT2D eigenvalue weighted by Crippen LogP contribution is -2.12. The van der Waals surface area contributed by atoms with Crippen molar-refractivity contribution in [3.8, 4) is 6.07 Å². The summed E-state index contributed by atoms with van der Waals surface area (Å²) in [5, 5.41) is 14.8. The van der Waals surface area contributed by atoms with E-state index in [2.05, 4.69) is 24.7 Å². The summed E-state index contributed by atoms with van der Waals surface area (Å²) in [7, 11) is 1.31. The van der Waals surface area contributed by atoms with Gasteiger partial charge in [-0.1, -0.05) is 5.16 Å². The van der Waals surface area contributed by atoms with Gasteiger partial charge in [-0.3, -0.25) is 10.1 Å². The standard InChI is InChI=1S/C7H6ClN5O2S/c1-15-12-4(3-9)6-11-7(16-13-6)10-5(14)2-8/h2H2,1H3,(H,10,11,13,14). The Morgan fingerprint density at radius 1 is 1.81 bits per heavy atom. The third kappa shape index (κ3) is 3.15. The molecule has 1 rings (SSSR count). The molecule has 0 fully saturated rings. The Morgan fingerprint density at radius 2 is 2.56 bits per heavy atom. The van der Waals surface area contributed by atoms with Gasteiger partial charge in [-0.25, -0.2) is 0 Å². The summed E-state index contributed by atoms with van der Waals surface area (Å²) in [5.41, 5.74) is -0.0647. The summed E-state index contributed by atoms with van der Waals surface area (Å²) in [6.45, 7) is 0. The van der Waals surface area contributed by atoms with Gasteiger partial charge in [0.2, 0.25) is 22.6 Å². The van der Waals surface area contributed by atoms with Crippen LogP contribution >= 0.6 is 23.1 Å². The van der Waals surface area contributed by atoms with Crippen molar-refractivity contribution in [2.45, 2.75) is 0 Å². The Kier molecular flexibility index (Phi) is 4.63. The lowest BCUT2D eigenvalue weighted by molar-refractivity contribution is -0.113. The summed E-state index contributed by atoms with van der Waals surface area (Å²) in [4.78, 5) is 19.2. The van der Waals surface area contributed by atoms with Crippen LogP contribution in [0.25, 0.3) is 0 Å². The van der Waals surface area contributed by atoms with Crippen LogP contribution in [0.3, 0.4) is 0 Å². The van der Waals surface area contributed by atoms with Crippen molar-refractivity contribution in [3.05, 3.63) is 5.82 Å². The number of hydrogen-bond acceptors (Lipinski definition) is 7. The summed E-state index contributed by atoms with van der Waals surface area (Å²) in [6, 6.07) is 1.77. The van der Waals surface area contributed by atoms with Crippen LogP contribution in [-0.4, -0.2) is 34.0 Å². The third-order valence-electron chi connectivity index (χ3n) is 1.29. The maximum absolute atomic E-state index is 10.9. The molecule has 0 radical (unpaired) electrons. The third-order valence-corrected chi connectivity index (χ3v) is 2.17. The molecule has 1 heterocycles. The molecule has 84 valence electrons. The lowest BCUT2D eigenvalue weighted by Gasteiger charge is -1.93. The number of anilines is 1. The molecule has 1 aromatic rings. The molecule has 0 aliphatic carbocycles. The van der Waals surface area contributed by atoms with Crippen LogP contribution in [0.5, 0.6) is 0 Å². The number of carbonyl (C=O) groups excluding carboxylic acids is 1. The largest absolute Gasteiger partial charge is 0.398 e. The summed E-state index contributed by atoms with van der Waals surface area (Å²) < 4.78 is 3.83. The smallest absolute Gasteiger partial charge is 0.241 e. The Labute approximate surface area is 99.8 Å². The zero-order chi connectivity index (χ0) is 12.0. The quantitative estimate of drug-likeness (QED) is 0.484. The molecule has 0 saturated heterocycles. The Balaban J connectivity index is 2.83. The Hall–Kier alpha value is -1.72. The van der Waals surface area contributed by atoms with E-state index >= 15 is 0 Å². The molecule has 0 unspecified atom stereocenters. The van der Waals surface area contributed by atoms with Crippen molar-refractivity contribution in [3.63, 3.8) is 0 Å². The topological polar surface area (TPSA) is 100 Å². The number of alkyl halides is 1. The second kappa shape index (κ2) is 5.99. The molecule has 9 heteroatoms. The minimum atomic E-state index is -0.397. The molecule has 0 bridgehead atoms. The number of halogens is 1. The molecular formula is C7H6ClN5O2S. The average Bonchev–Trinajstić information content (AvgIpc) is 2.74. The van der Waals surface area contributed by atoms with Crippen LogP contribution in [0, 0.1) is 11.3 Å². The normalized spacial score (nSPS) is 10.7. The van der Waals surface area contributed by atoms with Crippen LogP contribution in [-0.2, 0) is 9.63 Å². The first-order chi connectivity index (χ1) is 7.71. The van der Waals surface area contributed by atoms with Gasteiger partial charge in [-0.2, -0.15) is 14.6 Å². The van der Waals surface area contributed by atoms with E-state index in [0.717, 1.165) is 11.5 Å². The number of rotatable bonds is 4. The summed E-state index contributed by atoms with van der Waals surface area (Å²) in [5.74, 6) is -0.475. The predicted molar refractivity (Wildman–Crippen MR) is 58.4 cm³/mol. The molecule has 0 aliphatic rings. The first kappa shape index (κ1) is 12.4. The molecule has 7 nitrogen and oxygen atoms in total. The van der Waals surface area contributed by atoms with Crippen molar-refractivity contribution >= 4 is 39.9 Å². The summed E-state index contributed by atoms with van der Waals surface area (Å²) >= 11 is 6.22. The monoisotopic (exact) mass is 259 g/mol. The molecule has 0 atom stereocenters. The molecule has 0 saturated carbocycles. The van der Waals surface area contributed by atoms with Crippen LogP contribution in [0.1, 0.15) is 5.82 Å². The van der Waals surface area contributed by atoms with Gasteiger partial charge in [-0.05, 0) is 0 Å². The van der Waals surface area contributed by atoms with Gasteiger partial charge in [0.15, 0.2) is 0 Å². The van der Waals surface area contributed by atoms with Gasteiger partial charge in [-0.15, -0.1) is 11.6 Å². The zero-order valence-electron chi connectivity index (χ0n) is 8.10. The van der Waals surface area contributed by atoms with E-state index in [-0.39, 0.29) is 22.5 Å². The van der Waals surface area contributed by atoms with E-state index < -0.39 is 5.91 Å². The number of amides is 1. The number of nitriles is 1. The van der Waals surface area contributed by atoms with Gasteiger partial charge in [0, 0.05) is 11.5 Å². The van der Waals surface area contributed by atoms with Gasteiger partial charge < -0.3 is 4.84 Å². The highest BCUT2D eigenvalue weighted by Gasteiger charge is 2.12. The fourth-order valence-electron chi connectivity index (χ4n) is 0.726. The Morgan fingerprint density at radius 3 is 3.12 bits per heavy atom. The molecule has 1 amide bonds. The number of nitrogens with zero attached hydrogens (tertiary/aromatic N) is 4. The Bertz CT molecular complexity index is 452. The molecule has 0 aromatic carbocycles. The fraction of sp³-hybridized carbons (Fsp3) is 0.286. The van der Waals surface area contributed by atoms with Crippen molar-refractivity contribution in [1.82, 2.24) is 9.36 Å². The SMILES string of the molecule is CON=C(C#N)c1nsc(NC(=O)CCl)n1. The minimum Gasteiger partial charge on any atom is -0.398 e. The van der Waals surface area contributed by atoms with Crippen LogP contribution in [0.4, 0.5) is 5.13 Å². The molecule has 1 aromatic heterocycles. The van der Waals surface area contributed by atoms with Crippen LogP contribution in [0.2, 0.25) is 0 Å². The maximum Gasteiger partial charge on any atom is 0.241 e. The highest BCUT2D eigenvalue weighted by Crippen LogP contribution is 2.11. The maximum atomic E-state index is 10.9. The van der Waals surface area contributed by atoms with Gasteiger partial charge in [0.05, 0.1) is 0 Å². The van der Waals surface area contributed by atoms with Gasteiger partial charge in [0.1, 0.15) is 19.1 Å². The minimum absolute atomic E-state index is 0.0647. The number of aromatic nitrogens is 2. The van der Waals surface area contributed by atoms with Gasteiger partial charge >= 0.3 is 0 Å². The van der Waals surface area contributed by atoms with E-state index in [1.807, 2.05) is 0 Å². The summed E-state index contributed by atoms with van der Waals surface area (Å²) in [6.07, 6.45) is 0. The van der Waals surface area contributed by atoms with E-state index in [1.165, 1.54) is 7.11 Å². The van der Waals surface area contributed by atoms with E-state index in [4.69, 9.17) is 16.9 Å². The number of oxime groups is 1. The van der Waals surface area contributed by atoms with Crippen molar-refractivity contribution < 1.29 is 9.63 Å². The zero-order valence-corrected chi connectivity index (χ0v) is 9.67. The van der Waals surface area contributed by atoms with E-state index in [1.54, 1.807) is 6.07 Å². The molecule has 16 heavy (non-hydrogen) atoms. The second-order valence-electron chi connectivity index (χ2n) is 2.34. The molecule has 0 aliphatic heterocycles. The second-order valence-corrected chi connectivity index (χ2v) is 3.36. The van der Waals surface area contributed by atoms with E-state index in [0.29, 0.717) is 0 Å². The van der Waals surface area contributed by atoms with Crippen molar-refractivity contribution in [1.29, 1.82) is 5.26 Å². The first-order valence-electron chi connectivity index (χ1n) is 3.92. The average molecular weight is 260 g/mol. The number of nitrogens with one attached hydrogen (secondary N) is 1. The fourth-order valence-corrected chi connectivity index (χ4v) is 1.38.